The Labute approximate surface area is 118 Å². The van der Waals surface area contributed by atoms with Crippen LogP contribution in [-0.4, -0.2) is 47.2 Å². The number of aromatic nitrogens is 2. The molecule has 6 nitrogen and oxygen atoms in total. The van der Waals surface area contributed by atoms with Gasteiger partial charge in [0.05, 0.1) is 5.92 Å². The van der Waals surface area contributed by atoms with Crippen LogP contribution in [0.25, 0.3) is 0 Å². The van der Waals surface area contributed by atoms with Crippen LogP contribution in [0, 0.1) is 5.92 Å². The van der Waals surface area contributed by atoms with Crippen LogP contribution >= 0.6 is 0 Å². The molecule has 0 spiro atoms. The van der Waals surface area contributed by atoms with E-state index >= 15 is 0 Å². The second-order valence-corrected chi connectivity index (χ2v) is 5.53. The minimum absolute atomic E-state index is 0.203. The van der Waals surface area contributed by atoms with Crippen molar-refractivity contribution in [2.75, 3.05) is 36.0 Å². The fourth-order valence-corrected chi connectivity index (χ4v) is 2.98. The second kappa shape index (κ2) is 5.64. The van der Waals surface area contributed by atoms with Gasteiger partial charge in [-0.25, -0.2) is 9.97 Å². The molecule has 0 atom stereocenters. The third-order valence-electron chi connectivity index (χ3n) is 4.24. The van der Waals surface area contributed by atoms with Crippen molar-refractivity contribution in [3.05, 3.63) is 12.4 Å². The molecule has 6 heteroatoms. The summed E-state index contributed by atoms with van der Waals surface area (Å²) in [6.45, 7) is 3.65. The molecule has 108 valence electrons. The highest BCUT2D eigenvalue weighted by molar-refractivity contribution is 5.70. The Bertz CT molecular complexity index is 480. The zero-order valence-corrected chi connectivity index (χ0v) is 11.5. The molecule has 3 heterocycles. The SMILES string of the molecule is O=C(O)C1CCN(c2cc(N3CCCC3)ncn2)CC1. The summed E-state index contributed by atoms with van der Waals surface area (Å²) in [5.41, 5.74) is 0. The average Bonchev–Trinajstić information content (AvgIpc) is 3.02. The molecule has 2 saturated heterocycles. The molecule has 0 saturated carbocycles. The summed E-state index contributed by atoms with van der Waals surface area (Å²) in [5, 5.41) is 9.03. The fraction of sp³-hybridized carbons (Fsp3) is 0.643. The molecule has 0 unspecified atom stereocenters. The Morgan fingerprint density at radius 3 is 2.15 bits per heavy atom. The summed E-state index contributed by atoms with van der Waals surface area (Å²) in [4.78, 5) is 24.1. The first kappa shape index (κ1) is 13.1. The van der Waals surface area contributed by atoms with Crippen molar-refractivity contribution < 1.29 is 9.90 Å². The number of anilines is 2. The number of carbonyl (C=O) groups is 1. The zero-order chi connectivity index (χ0) is 13.9. The van der Waals surface area contributed by atoms with Gasteiger partial charge in [-0.3, -0.25) is 4.79 Å². The molecule has 0 aromatic carbocycles. The van der Waals surface area contributed by atoms with E-state index in [1.807, 2.05) is 6.07 Å². The highest BCUT2D eigenvalue weighted by Gasteiger charge is 2.25. The summed E-state index contributed by atoms with van der Waals surface area (Å²) in [6, 6.07) is 2.03. The number of nitrogens with zero attached hydrogens (tertiary/aromatic N) is 4. The lowest BCUT2D eigenvalue weighted by Crippen LogP contribution is -2.37. The second-order valence-electron chi connectivity index (χ2n) is 5.53. The lowest BCUT2D eigenvalue weighted by molar-refractivity contribution is -0.142. The molecular formula is C14H20N4O2. The summed E-state index contributed by atoms with van der Waals surface area (Å²) in [5.74, 6) is 1.04. The number of piperidine rings is 1. The minimum Gasteiger partial charge on any atom is -0.481 e. The molecular weight excluding hydrogens is 256 g/mol. The summed E-state index contributed by atoms with van der Waals surface area (Å²) in [6.07, 6.45) is 5.45. The van der Waals surface area contributed by atoms with Crippen LogP contribution in [-0.2, 0) is 4.79 Å². The van der Waals surface area contributed by atoms with Gasteiger partial charge in [-0.1, -0.05) is 0 Å². The van der Waals surface area contributed by atoms with E-state index in [1.165, 1.54) is 12.8 Å². The molecule has 0 aliphatic carbocycles. The van der Waals surface area contributed by atoms with Gasteiger partial charge in [0.15, 0.2) is 0 Å². The van der Waals surface area contributed by atoms with Gasteiger partial charge < -0.3 is 14.9 Å². The summed E-state index contributed by atoms with van der Waals surface area (Å²) in [7, 11) is 0. The van der Waals surface area contributed by atoms with Crippen molar-refractivity contribution in [3.8, 4) is 0 Å². The van der Waals surface area contributed by atoms with E-state index in [0.29, 0.717) is 12.8 Å². The van der Waals surface area contributed by atoms with E-state index in [9.17, 15) is 4.79 Å². The molecule has 0 amide bonds. The van der Waals surface area contributed by atoms with E-state index in [0.717, 1.165) is 37.8 Å². The van der Waals surface area contributed by atoms with Gasteiger partial charge >= 0.3 is 5.97 Å². The Kier molecular flexibility index (Phi) is 3.71. The molecule has 2 aliphatic heterocycles. The van der Waals surface area contributed by atoms with Crippen LogP contribution in [0.5, 0.6) is 0 Å². The Balaban J connectivity index is 1.68. The van der Waals surface area contributed by atoms with Crippen molar-refractivity contribution in [3.63, 3.8) is 0 Å². The van der Waals surface area contributed by atoms with E-state index in [4.69, 9.17) is 5.11 Å². The molecule has 2 aliphatic rings. The predicted octanol–water partition coefficient (Wildman–Crippen LogP) is 1.38. The number of carboxylic acids is 1. The quantitative estimate of drug-likeness (QED) is 0.899. The summed E-state index contributed by atoms with van der Waals surface area (Å²) >= 11 is 0. The van der Waals surface area contributed by atoms with Gasteiger partial charge in [-0.15, -0.1) is 0 Å². The van der Waals surface area contributed by atoms with Crippen LogP contribution in [0.1, 0.15) is 25.7 Å². The molecule has 20 heavy (non-hydrogen) atoms. The van der Waals surface area contributed by atoms with Gasteiger partial charge in [0.2, 0.25) is 0 Å². The van der Waals surface area contributed by atoms with E-state index in [2.05, 4.69) is 19.8 Å². The van der Waals surface area contributed by atoms with Crippen LogP contribution in [0.4, 0.5) is 11.6 Å². The lowest BCUT2D eigenvalue weighted by Gasteiger charge is -2.31. The standard InChI is InChI=1S/C14H20N4O2/c19-14(20)11-3-7-18(8-4-11)13-9-12(15-10-16-13)17-5-1-2-6-17/h9-11H,1-8H2,(H,19,20). The molecule has 1 aromatic rings. The lowest BCUT2D eigenvalue weighted by atomic mass is 9.97. The Morgan fingerprint density at radius 1 is 1.05 bits per heavy atom. The zero-order valence-electron chi connectivity index (χ0n) is 11.5. The van der Waals surface area contributed by atoms with Crippen LogP contribution in [0.3, 0.4) is 0 Å². The normalized spacial score (nSPS) is 20.4. The van der Waals surface area contributed by atoms with Crippen molar-refractivity contribution in [2.24, 2.45) is 5.92 Å². The average molecular weight is 276 g/mol. The van der Waals surface area contributed by atoms with Crippen molar-refractivity contribution in [2.45, 2.75) is 25.7 Å². The molecule has 1 aromatic heterocycles. The Hall–Kier alpha value is -1.85. The number of carboxylic acid groups (broad SMARTS) is 1. The maximum absolute atomic E-state index is 11.0. The van der Waals surface area contributed by atoms with E-state index in [1.54, 1.807) is 6.33 Å². The van der Waals surface area contributed by atoms with Gasteiger partial charge in [-0.2, -0.15) is 0 Å². The Morgan fingerprint density at radius 2 is 1.60 bits per heavy atom. The third kappa shape index (κ3) is 2.69. The first-order chi connectivity index (χ1) is 9.74. The van der Waals surface area contributed by atoms with Gasteiger partial charge in [-0.05, 0) is 25.7 Å². The maximum Gasteiger partial charge on any atom is 0.306 e. The van der Waals surface area contributed by atoms with Crippen LogP contribution in [0.2, 0.25) is 0 Å². The summed E-state index contributed by atoms with van der Waals surface area (Å²) < 4.78 is 0. The maximum atomic E-state index is 11.0. The monoisotopic (exact) mass is 276 g/mol. The fourth-order valence-electron chi connectivity index (χ4n) is 2.98. The van der Waals surface area contributed by atoms with Gasteiger partial charge in [0.25, 0.3) is 0 Å². The number of rotatable bonds is 3. The topological polar surface area (TPSA) is 69.6 Å². The van der Waals surface area contributed by atoms with Crippen molar-refractivity contribution >= 4 is 17.6 Å². The third-order valence-corrected chi connectivity index (χ3v) is 4.24. The molecule has 0 radical (unpaired) electrons. The first-order valence-corrected chi connectivity index (χ1v) is 7.29. The smallest absolute Gasteiger partial charge is 0.306 e. The van der Waals surface area contributed by atoms with Crippen LogP contribution in [0.15, 0.2) is 12.4 Å². The number of hydrogen-bond acceptors (Lipinski definition) is 5. The van der Waals surface area contributed by atoms with E-state index < -0.39 is 5.97 Å². The highest BCUT2D eigenvalue weighted by Crippen LogP contribution is 2.25. The van der Waals surface area contributed by atoms with Crippen LogP contribution < -0.4 is 9.80 Å². The van der Waals surface area contributed by atoms with E-state index in [-0.39, 0.29) is 5.92 Å². The first-order valence-electron chi connectivity index (χ1n) is 7.29. The number of aliphatic carboxylic acids is 1. The number of hydrogen-bond donors (Lipinski definition) is 1. The molecule has 3 rings (SSSR count). The molecule has 2 fully saturated rings. The van der Waals surface area contributed by atoms with Crippen molar-refractivity contribution in [1.29, 1.82) is 0 Å². The molecule has 0 bridgehead atoms. The minimum atomic E-state index is -0.676. The largest absolute Gasteiger partial charge is 0.481 e. The van der Waals surface area contributed by atoms with Gasteiger partial charge in [0.1, 0.15) is 18.0 Å². The predicted molar refractivity (Wildman–Crippen MR) is 76.1 cm³/mol. The highest BCUT2D eigenvalue weighted by atomic mass is 16.4. The van der Waals surface area contributed by atoms with Crippen molar-refractivity contribution in [1.82, 2.24) is 9.97 Å². The molecule has 1 N–H and O–H groups in total. The van der Waals surface area contributed by atoms with Gasteiger partial charge in [0, 0.05) is 32.2 Å².